The van der Waals surface area contributed by atoms with Crippen LogP contribution in [0, 0.1) is 0 Å². The van der Waals surface area contributed by atoms with E-state index < -0.39 is 10.1 Å². The largest absolute Gasteiger partial charge is 0.497 e. The molecule has 6 heteroatoms. The third-order valence-corrected chi connectivity index (χ3v) is 2.99. The van der Waals surface area contributed by atoms with E-state index in [9.17, 15) is 8.42 Å². The first-order chi connectivity index (χ1) is 7.99. The van der Waals surface area contributed by atoms with E-state index in [4.69, 9.17) is 14.0 Å². The van der Waals surface area contributed by atoms with Crippen molar-refractivity contribution in [1.82, 2.24) is 0 Å². The SMILES string of the molecule is C=CCOCc1cc(OC)ccc1S(=O)(=O)O. The summed E-state index contributed by atoms with van der Waals surface area (Å²) in [5.41, 5.74) is 0.341. The fourth-order valence-electron chi connectivity index (χ4n) is 1.30. The summed E-state index contributed by atoms with van der Waals surface area (Å²) < 4.78 is 41.4. The lowest BCUT2D eigenvalue weighted by Crippen LogP contribution is -2.05. The van der Waals surface area contributed by atoms with Gasteiger partial charge in [-0.05, 0) is 18.2 Å². The lowest BCUT2D eigenvalue weighted by molar-refractivity contribution is 0.146. The summed E-state index contributed by atoms with van der Waals surface area (Å²) in [5, 5.41) is 0. The van der Waals surface area contributed by atoms with Crippen LogP contribution in [0.25, 0.3) is 0 Å². The van der Waals surface area contributed by atoms with Crippen LogP contribution in [0.15, 0.2) is 35.7 Å². The Bertz CT molecular complexity index is 493. The molecular weight excluding hydrogens is 244 g/mol. The molecule has 1 rings (SSSR count). The highest BCUT2D eigenvalue weighted by molar-refractivity contribution is 7.85. The summed E-state index contributed by atoms with van der Waals surface area (Å²) in [6.45, 7) is 3.83. The molecule has 5 nitrogen and oxygen atoms in total. The lowest BCUT2D eigenvalue weighted by Gasteiger charge is -2.09. The second kappa shape index (κ2) is 5.81. The van der Waals surface area contributed by atoms with Gasteiger partial charge in [0.15, 0.2) is 0 Å². The highest BCUT2D eigenvalue weighted by atomic mass is 32.2. The van der Waals surface area contributed by atoms with Crippen LogP contribution in [-0.2, 0) is 21.5 Å². The molecule has 1 aromatic carbocycles. The lowest BCUT2D eigenvalue weighted by atomic mass is 10.2. The monoisotopic (exact) mass is 258 g/mol. The van der Waals surface area contributed by atoms with Crippen LogP contribution in [0.4, 0.5) is 0 Å². The van der Waals surface area contributed by atoms with E-state index in [0.717, 1.165) is 0 Å². The maximum Gasteiger partial charge on any atom is 0.294 e. The topological polar surface area (TPSA) is 72.8 Å². The third-order valence-electron chi connectivity index (χ3n) is 2.04. The summed E-state index contributed by atoms with van der Waals surface area (Å²) in [5.74, 6) is 0.495. The predicted octanol–water partition coefficient (Wildman–Crippen LogP) is 1.64. The fourth-order valence-corrected chi connectivity index (χ4v) is 1.99. The van der Waals surface area contributed by atoms with E-state index in [1.54, 1.807) is 6.08 Å². The van der Waals surface area contributed by atoms with E-state index in [-0.39, 0.29) is 11.5 Å². The highest BCUT2D eigenvalue weighted by Gasteiger charge is 2.16. The first-order valence-electron chi connectivity index (χ1n) is 4.82. The van der Waals surface area contributed by atoms with Crippen LogP contribution >= 0.6 is 0 Å². The Balaban J connectivity index is 3.07. The summed E-state index contributed by atoms with van der Waals surface area (Å²) in [4.78, 5) is -0.178. The molecule has 0 bridgehead atoms. The summed E-state index contributed by atoms with van der Waals surface area (Å²) in [7, 11) is -2.79. The minimum absolute atomic E-state index is 0.0539. The summed E-state index contributed by atoms with van der Waals surface area (Å²) in [6, 6.07) is 4.24. The van der Waals surface area contributed by atoms with Gasteiger partial charge in [-0.3, -0.25) is 4.55 Å². The average Bonchev–Trinajstić information content (AvgIpc) is 2.28. The van der Waals surface area contributed by atoms with E-state index in [1.165, 1.54) is 25.3 Å². The van der Waals surface area contributed by atoms with Gasteiger partial charge in [-0.1, -0.05) is 6.08 Å². The number of ether oxygens (including phenoxy) is 2. The molecule has 1 aromatic rings. The molecule has 0 unspecified atom stereocenters. The Morgan fingerprint density at radius 3 is 2.71 bits per heavy atom. The van der Waals surface area contributed by atoms with Crippen molar-refractivity contribution in [2.45, 2.75) is 11.5 Å². The van der Waals surface area contributed by atoms with E-state index in [0.29, 0.717) is 17.9 Å². The number of rotatable bonds is 6. The molecule has 0 radical (unpaired) electrons. The molecule has 0 aliphatic rings. The highest BCUT2D eigenvalue weighted by Crippen LogP contribution is 2.22. The smallest absolute Gasteiger partial charge is 0.294 e. The Hall–Kier alpha value is -1.37. The minimum atomic E-state index is -4.26. The molecule has 0 saturated heterocycles. The van der Waals surface area contributed by atoms with Crippen molar-refractivity contribution >= 4 is 10.1 Å². The molecule has 0 spiro atoms. The van der Waals surface area contributed by atoms with Gasteiger partial charge in [0, 0.05) is 5.56 Å². The Kier molecular flexibility index (Phi) is 4.68. The van der Waals surface area contributed by atoms with Crippen LogP contribution in [0.5, 0.6) is 5.75 Å². The fraction of sp³-hybridized carbons (Fsp3) is 0.273. The molecule has 0 aromatic heterocycles. The van der Waals surface area contributed by atoms with Crippen molar-refractivity contribution in [3.8, 4) is 5.75 Å². The van der Waals surface area contributed by atoms with Gasteiger partial charge in [0.05, 0.1) is 25.2 Å². The van der Waals surface area contributed by atoms with Crippen molar-refractivity contribution in [2.75, 3.05) is 13.7 Å². The second-order valence-electron chi connectivity index (χ2n) is 3.25. The minimum Gasteiger partial charge on any atom is -0.497 e. The molecule has 0 aliphatic carbocycles. The molecule has 0 aliphatic heterocycles. The van der Waals surface area contributed by atoms with Crippen molar-refractivity contribution in [3.05, 3.63) is 36.4 Å². The number of benzene rings is 1. The molecule has 1 N–H and O–H groups in total. The normalized spacial score (nSPS) is 11.2. The number of methoxy groups -OCH3 is 1. The Morgan fingerprint density at radius 2 is 2.18 bits per heavy atom. The quantitative estimate of drug-likeness (QED) is 0.477. The molecule has 0 fully saturated rings. The zero-order chi connectivity index (χ0) is 12.9. The third kappa shape index (κ3) is 3.85. The standard InChI is InChI=1S/C11H14O5S/c1-3-6-16-8-9-7-10(15-2)4-5-11(9)17(12,13)14/h3-5,7H,1,6,8H2,2H3,(H,12,13,14). The van der Waals surface area contributed by atoms with E-state index in [1.807, 2.05) is 0 Å². The van der Waals surface area contributed by atoms with Crippen LogP contribution in [-0.4, -0.2) is 26.7 Å². The average molecular weight is 258 g/mol. The van der Waals surface area contributed by atoms with Crippen LogP contribution < -0.4 is 4.74 Å². The maximum atomic E-state index is 11.1. The van der Waals surface area contributed by atoms with Crippen LogP contribution in [0.3, 0.4) is 0 Å². The first kappa shape index (κ1) is 13.7. The Labute approximate surface area is 100 Å². The number of hydrogen-bond donors (Lipinski definition) is 1. The van der Waals surface area contributed by atoms with E-state index in [2.05, 4.69) is 6.58 Å². The molecule has 0 saturated carbocycles. The molecular formula is C11H14O5S. The van der Waals surface area contributed by atoms with Gasteiger partial charge in [-0.2, -0.15) is 8.42 Å². The van der Waals surface area contributed by atoms with Crippen molar-refractivity contribution in [1.29, 1.82) is 0 Å². The predicted molar refractivity (Wildman–Crippen MR) is 62.7 cm³/mol. The maximum absolute atomic E-state index is 11.1. The molecule has 94 valence electrons. The van der Waals surface area contributed by atoms with Gasteiger partial charge in [0.2, 0.25) is 0 Å². The summed E-state index contributed by atoms with van der Waals surface area (Å²) >= 11 is 0. The zero-order valence-electron chi connectivity index (χ0n) is 9.42. The van der Waals surface area contributed by atoms with Gasteiger partial charge >= 0.3 is 0 Å². The van der Waals surface area contributed by atoms with Crippen molar-refractivity contribution in [3.63, 3.8) is 0 Å². The zero-order valence-corrected chi connectivity index (χ0v) is 10.2. The van der Waals surface area contributed by atoms with Gasteiger partial charge in [-0.25, -0.2) is 0 Å². The molecule has 17 heavy (non-hydrogen) atoms. The van der Waals surface area contributed by atoms with Crippen molar-refractivity contribution < 1.29 is 22.4 Å². The van der Waals surface area contributed by atoms with Crippen LogP contribution in [0.1, 0.15) is 5.56 Å². The first-order valence-corrected chi connectivity index (χ1v) is 6.26. The molecule has 0 heterocycles. The number of hydrogen-bond acceptors (Lipinski definition) is 4. The second-order valence-corrected chi connectivity index (χ2v) is 4.64. The summed E-state index contributed by atoms with van der Waals surface area (Å²) in [6.07, 6.45) is 1.55. The van der Waals surface area contributed by atoms with Gasteiger partial charge in [0.1, 0.15) is 5.75 Å². The Morgan fingerprint density at radius 1 is 1.47 bits per heavy atom. The van der Waals surface area contributed by atoms with E-state index >= 15 is 0 Å². The molecule has 0 amide bonds. The van der Waals surface area contributed by atoms with Gasteiger partial charge in [0.25, 0.3) is 10.1 Å². The van der Waals surface area contributed by atoms with Crippen molar-refractivity contribution in [2.24, 2.45) is 0 Å². The van der Waals surface area contributed by atoms with Crippen LogP contribution in [0.2, 0.25) is 0 Å². The van der Waals surface area contributed by atoms with Gasteiger partial charge in [-0.15, -0.1) is 6.58 Å². The molecule has 0 atom stereocenters. The van der Waals surface area contributed by atoms with Gasteiger partial charge < -0.3 is 9.47 Å².